The van der Waals surface area contributed by atoms with E-state index in [2.05, 4.69) is 153 Å². The number of fused-ring (bicyclic) bond motifs is 8. The Hall–Kier alpha value is -4.88. The second kappa shape index (κ2) is 8.82. The van der Waals surface area contributed by atoms with Gasteiger partial charge in [0.25, 0.3) is 0 Å². The van der Waals surface area contributed by atoms with Crippen LogP contribution in [0.4, 0.5) is 0 Å². The van der Waals surface area contributed by atoms with Crippen LogP contribution in [-0.4, -0.2) is 4.57 Å². The largest absolute Gasteiger partial charge is 0.312 e. The quantitative estimate of drug-likeness (QED) is 0.201. The first-order chi connectivity index (χ1) is 20.9. The second-order valence-electron chi connectivity index (χ2n) is 13.4. The summed E-state index contributed by atoms with van der Waals surface area (Å²) in [5.74, 6) is 0.373. The van der Waals surface area contributed by atoms with E-state index in [-0.39, 0.29) is 5.41 Å². The van der Waals surface area contributed by atoms with Crippen LogP contribution in [0.15, 0.2) is 127 Å². The number of nitrogens with zero attached hydrogens (tertiary/aromatic N) is 1. The molecular weight excluding hydrogens is 518 g/mol. The van der Waals surface area contributed by atoms with E-state index in [1.807, 2.05) is 0 Å². The minimum atomic E-state index is 0.123. The lowest BCUT2D eigenvalue weighted by Crippen LogP contribution is -2.16. The highest BCUT2D eigenvalue weighted by atomic mass is 15.0. The Bertz CT molecular complexity index is 2270. The van der Waals surface area contributed by atoms with Gasteiger partial charge in [-0.15, -0.1) is 0 Å². The van der Waals surface area contributed by atoms with E-state index in [1.165, 1.54) is 82.8 Å². The zero-order valence-electron chi connectivity index (χ0n) is 24.9. The van der Waals surface area contributed by atoms with Crippen molar-refractivity contribution in [3.05, 3.63) is 144 Å². The van der Waals surface area contributed by atoms with Crippen molar-refractivity contribution in [3.8, 4) is 27.9 Å². The second-order valence-corrected chi connectivity index (χ2v) is 13.4. The zero-order valence-corrected chi connectivity index (χ0v) is 24.9. The zero-order chi connectivity index (χ0) is 28.9. The van der Waals surface area contributed by atoms with Crippen molar-refractivity contribution in [2.45, 2.75) is 33.1 Å². The molecule has 0 spiro atoms. The highest BCUT2D eigenvalue weighted by Crippen LogP contribution is 2.54. The van der Waals surface area contributed by atoms with Crippen LogP contribution < -0.4 is 0 Å². The van der Waals surface area contributed by atoms with Crippen LogP contribution in [0.1, 0.15) is 49.9 Å². The topological polar surface area (TPSA) is 4.93 Å². The minimum Gasteiger partial charge on any atom is -0.312 e. The first-order valence-corrected chi connectivity index (χ1v) is 15.4. The van der Waals surface area contributed by atoms with Crippen LogP contribution in [0.25, 0.3) is 66.5 Å². The number of hydrogen-bond donors (Lipinski definition) is 0. The Morgan fingerprint density at radius 2 is 1.19 bits per heavy atom. The SMILES string of the molecule is CC(C)(C)C1=Cc2c3n(c4cc5cc(-c6ccccc6)ccc5cc24)-c2cc4cc(-c5ccccc5)ccc4cc2C3C1. The highest BCUT2D eigenvalue weighted by molar-refractivity contribution is 6.05. The van der Waals surface area contributed by atoms with E-state index in [9.17, 15) is 0 Å². The first kappa shape index (κ1) is 24.7. The Balaban J connectivity index is 1.31. The Kier molecular flexibility index (Phi) is 5.06. The molecule has 2 aliphatic rings. The summed E-state index contributed by atoms with van der Waals surface area (Å²) in [4.78, 5) is 0. The van der Waals surface area contributed by atoms with Crippen LogP contribution in [0.3, 0.4) is 0 Å². The molecule has 6 aromatic carbocycles. The van der Waals surface area contributed by atoms with Gasteiger partial charge in [0.1, 0.15) is 0 Å². The van der Waals surface area contributed by atoms with Crippen LogP contribution in [-0.2, 0) is 0 Å². The molecule has 1 aromatic heterocycles. The number of hydrogen-bond acceptors (Lipinski definition) is 0. The van der Waals surface area contributed by atoms with Crippen LogP contribution in [0, 0.1) is 5.41 Å². The van der Waals surface area contributed by atoms with Gasteiger partial charge >= 0.3 is 0 Å². The fourth-order valence-electron chi connectivity index (χ4n) is 7.56. The van der Waals surface area contributed by atoms with E-state index < -0.39 is 0 Å². The lowest BCUT2D eigenvalue weighted by Gasteiger charge is -2.30. The van der Waals surface area contributed by atoms with E-state index in [0.29, 0.717) is 5.92 Å². The van der Waals surface area contributed by atoms with Gasteiger partial charge in [-0.25, -0.2) is 0 Å². The van der Waals surface area contributed by atoms with Gasteiger partial charge in [-0.05, 0) is 97.6 Å². The molecule has 1 heteroatoms. The van der Waals surface area contributed by atoms with Gasteiger partial charge in [0, 0.05) is 22.6 Å². The monoisotopic (exact) mass is 551 g/mol. The smallest absolute Gasteiger partial charge is 0.0544 e. The fraction of sp³-hybridized carbons (Fsp3) is 0.143. The number of benzene rings is 6. The molecule has 2 heterocycles. The van der Waals surface area contributed by atoms with Crippen molar-refractivity contribution < 1.29 is 0 Å². The highest BCUT2D eigenvalue weighted by Gasteiger charge is 2.39. The molecule has 0 N–H and O–H groups in total. The van der Waals surface area contributed by atoms with E-state index >= 15 is 0 Å². The molecule has 0 saturated heterocycles. The van der Waals surface area contributed by atoms with Crippen LogP contribution in [0.2, 0.25) is 0 Å². The van der Waals surface area contributed by atoms with Gasteiger partial charge in [0.15, 0.2) is 0 Å². The van der Waals surface area contributed by atoms with E-state index in [0.717, 1.165) is 6.42 Å². The summed E-state index contributed by atoms with van der Waals surface area (Å²) in [7, 11) is 0. The summed E-state index contributed by atoms with van der Waals surface area (Å²) >= 11 is 0. The average molecular weight is 552 g/mol. The maximum absolute atomic E-state index is 2.60. The molecule has 9 rings (SSSR count). The molecule has 0 amide bonds. The third kappa shape index (κ3) is 3.71. The molecule has 0 saturated carbocycles. The summed E-state index contributed by atoms with van der Waals surface area (Å²) in [5.41, 5.74) is 13.7. The lowest BCUT2D eigenvalue weighted by atomic mass is 9.74. The molecule has 0 fully saturated rings. The molecule has 1 atom stereocenters. The standard InChI is InChI=1S/C42H33N/c1-42(2,3)34-24-37-35-20-30-16-14-28(26-10-6-4-7-11-26)18-32(30)22-39(35)43-40-23-33-19-29(27-12-8-5-9-13-27)15-17-31(33)21-36(40)38(25-34)41(37)43/h4-24,38H,25H2,1-3H3. The lowest BCUT2D eigenvalue weighted by molar-refractivity contribution is 0.475. The molecule has 0 radical (unpaired) electrons. The van der Waals surface area contributed by atoms with Crippen molar-refractivity contribution in [2.24, 2.45) is 5.41 Å². The predicted octanol–water partition coefficient (Wildman–Crippen LogP) is 11.5. The number of allylic oxidation sites excluding steroid dienone is 1. The maximum Gasteiger partial charge on any atom is 0.0544 e. The fourth-order valence-corrected chi connectivity index (χ4v) is 7.56. The Morgan fingerprint density at radius 3 is 1.81 bits per heavy atom. The minimum absolute atomic E-state index is 0.123. The Morgan fingerprint density at radius 1 is 0.581 bits per heavy atom. The van der Waals surface area contributed by atoms with Gasteiger partial charge in [-0.1, -0.05) is 117 Å². The molecule has 1 unspecified atom stereocenters. The molecule has 1 nitrogen and oxygen atoms in total. The molecule has 0 bridgehead atoms. The van der Waals surface area contributed by atoms with Gasteiger partial charge in [0.05, 0.1) is 11.2 Å². The van der Waals surface area contributed by atoms with Gasteiger partial charge in [-0.2, -0.15) is 0 Å². The van der Waals surface area contributed by atoms with Crippen molar-refractivity contribution in [2.75, 3.05) is 0 Å². The van der Waals surface area contributed by atoms with Crippen molar-refractivity contribution in [1.82, 2.24) is 4.57 Å². The van der Waals surface area contributed by atoms with Gasteiger partial charge < -0.3 is 4.57 Å². The number of rotatable bonds is 2. The summed E-state index contributed by atoms with van der Waals surface area (Å²) in [6.45, 7) is 7.10. The van der Waals surface area contributed by atoms with Crippen LogP contribution >= 0.6 is 0 Å². The van der Waals surface area contributed by atoms with Crippen LogP contribution in [0.5, 0.6) is 0 Å². The summed E-state index contributed by atoms with van der Waals surface area (Å²) in [6, 6.07) is 45.1. The van der Waals surface area contributed by atoms with Gasteiger partial charge in [0.2, 0.25) is 0 Å². The summed E-state index contributed by atoms with van der Waals surface area (Å²) in [5, 5.41) is 6.57. The van der Waals surface area contributed by atoms with Crippen molar-refractivity contribution >= 4 is 38.5 Å². The third-order valence-electron chi connectivity index (χ3n) is 9.86. The molecule has 43 heavy (non-hydrogen) atoms. The van der Waals surface area contributed by atoms with E-state index in [1.54, 1.807) is 0 Å². The van der Waals surface area contributed by atoms with Crippen molar-refractivity contribution in [3.63, 3.8) is 0 Å². The third-order valence-corrected chi connectivity index (χ3v) is 9.86. The molecule has 1 aliphatic heterocycles. The van der Waals surface area contributed by atoms with Crippen molar-refractivity contribution in [1.29, 1.82) is 0 Å². The number of aromatic nitrogens is 1. The van der Waals surface area contributed by atoms with E-state index in [4.69, 9.17) is 0 Å². The average Bonchev–Trinajstić information content (AvgIpc) is 3.53. The molecule has 1 aliphatic carbocycles. The molecule has 7 aromatic rings. The Labute approximate surface area is 252 Å². The molecular formula is C42H33N. The first-order valence-electron chi connectivity index (χ1n) is 15.4. The summed E-state index contributed by atoms with van der Waals surface area (Å²) < 4.78 is 2.60. The normalized spacial score (nSPS) is 15.6. The molecule has 206 valence electrons. The van der Waals surface area contributed by atoms with Gasteiger partial charge in [-0.3, -0.25) is 0 Å². The maximum atomic E-state index is 2.60. The summed E-state index contributed by atoms with van der Waals surface area (Å²) in [6.07, 6.45) is 3.60. The predicted molar refractivity (Wildman–Crippen MR) is 183 cm³/mol.